The van der Waals surface area contributed by atoms with Crippen molar-refractivity contribution in [3.8, 4) is 11.4 Å². The van der Waals surface area contributed by atoms with Gasteiger partial charge in [-0.15, -0.1) is 5.10 Å². The molecule has 2 aromatic carbocycles. The Morgan fingerprint density at radius 1 is 1.15 bits per heavy atom. The van der Waals surface area contributed by atoms with Crippen molar-refractivity contribution in [3.63, 3.8) is 0 Å². The third-order valence-corrected chi connectivity index (χ3v) is 6.80. The maximum Gasteiger partial charge on any atom is 0.416 e. The van der Waals surface area contributed by atoms with E-state index in [0.717, 1.165) is 23.6 Å². The third kappa shape index (κ3) is 7.04. The minimum Gasteiger partial charge on any atom is -0.444 e. The van der Waals surface area contributed by atoms with Crippen LogP contribution in [0, 0.1) is 0 Å². The summed E-state index contributed by atoms with van der Waals surface area (Å²) in [6, 6.07) is 11.8. The second-order valence-corrected chi connectivity index (χ2v) is 10.8. The van der Waals surface area contributed by atoms with Crippen LogP contribution in [0.1, 0.15) is 56.2 Å². The van der Waals surface area contributed by atoms with Crippen LogP contribution in [0.4, 0.5) is 18.0 Å². The number of nitrogens with one attached hydrogen (secondary N) is 1. The van der Waals surface area contributed by atoms with E-state index in [0.29, 0.717) is 16.4 Å². The molecule has 1 aromatic heterocycles. The number of hydrogen-bond acceptors (Lipinski definition) is 5. The number of nitrogens with zero attached hydrogens (tertiary/aromatic N) is 3. The van der Waals surface area contributed by atoms with E-state index in [-0.39, 0.29) is 24.6 Å². The number of halogens is 4. The Labute approximate surface area is 233 Å². The van der Waals surface area contributed by atoms with Gasteiger partial charge in [-0.05, 0) is 69.0 Å². The van der Waals surface area contributed by atoms with Crippen molar-refractivity contribution in [2.75, 3.05) is 6.54 Å². The molecule has 40 heavy (non-hydrogen) atoms. The lowest BCUT2D eigenvalue weighted by Crippen LogP contribution is -2.39. The van der Waals surface area contributed by atoms with Gasteiger partial charge in [0.05, 0.1) is 5.56 Å². The van der Waals surface area contributed by atoms with Gasteiger partial charge < -0.3 is 15.8 Å². The average Bonchev–Trinajstić information content (AvgIpc) is 3.65. The molecule has 1 saturated carbocycles. The molecule has 0 saturated heterocycles. The lowest BCUT2D eigenvalue weighted by Gasteiger charge is -2.30. The molecule has 0 aliphatic heterocycles. The molecule has 1 aliphatic carbocycles. The van der Waals surface area contributed by atoms with Crippen LogP contribution >= 0.6 is 11.6 Å². The largest absolute Gasteiger partial charge is 0.444 e. The van der Waals surface area contributed by atoms with Crippen LogP contribution in [0.2, 0.25) is 5.02 Å². The van der Waals surface area contributed by atoms with Crippen LogP contribution in [0.15, 0.2) is 53.3 Å². The Bertz CT molecular complexity index is 1450. The SMILES string of the molecule is CC(C)(CC(CNC(=O)Cn1nc(-c2ccc(Cl)cc2)n(C2CC2)c1=O)c1ccccc1C(F)(F)F)OC(N)=O. The maximum absolute atomic E-state index is 13.8. The summed E-state index contributed by atoms with van der Waals surface area (Å²) in [6.07, 6.45) is -4.17. The van der Waals surface area contributed by atoms with Gasteiger partial charge in [-0.3, -0.25) is 9.36 Å². The van der Waals surface area contributed by atoms with E-state index >= 15 is 0 Å². The minimum absolute atomic E-state index is 0.0225. The summed E-state index contributed by atoms with van der Waals surface area (Å²) in [5.41, 5.74) is 3.18. The van der Waals surface area contributed by atoms with Gasteiger partial charge in [0.25, 0.3) is 0 Å². The van der Waals surface area contributed by atoms with Crippen molar-refractivity contribution in [1.82, 2.24) is 19.7 Å². The Morgan fingerprint density at radius 2 is 1.80 bits per heavy atom. The fourth-order valence-electron chi connectivity index (χ4n) is 4.72. The van der Waals surface area contributed by atoms with Crippen LogP contribution in [0.3, 0.4) is 0 Å². The monoisotopic (exact) mass is 579 g/mol. The number of carbonyl (C=O) groups excluding carboxylic acids is 2. The summed E-state index contributed by atoms with van der Waals surface area (Å²) < 4.78 is 49.1. The quantitative estimate of drug-likeness (QED) is 0.354. The fourth-order valence-corrected chi connectivity index (χ4v) is 4.85. The smallest absolute Gasteiger partial charge is 0.416 e. The highest BCUT2D eigenvalue weighted by molar-refractivity contribution is 6.30. The summed E-state index contributed by atoms with van der Waals surface area (Å²) in [5, 5.41) is 7.53. The summed E-state index contributed by atoms with van der Waals surface area (Å²) in [4.78, 5) is 37.4. The molecule has 0 spiro atoms. The first-order valence-corrected chi connectivity index (χ1v) is 13.0. The first-order valence-electron chi connectivity index (χ1n) is 12.6. The zero-order valence-electron chi connectivity index (χ0n) is 21.9. The number of nitrogens with two attached hydrogens (primary N) is 1. The number of ether oxygens (including phenoxy) is 1. The molecule has 1 atom stereocenters. The number of benzene rings is 2. The van der Waals surface area contributed by atoms with E-state index in [1.165, 1.54) is 32.0 Å². The van der Waals surface area contributed by atoms with Crippen molar-refractivity contribution in [1.29, 1.82) is 0 Å². The van der Waals surface area contributed by atoms with E-state index in [1.807, 2.05) is 0 Å². The van der Waals surface area contributed by atoms with Crippen molar-refractivity contribution in [3.05, 3.63) is 75.2 Å². The highest BCUT2D eigenvalue weighted by Crippen LogP contribution is 2.38. The molecule has 214 valence electrons. The fraction of sp³-hybridized carbons (Fsp3) is 0.407. The number of hydrogen-bond donors (Lipinski definition) is 2. The molecule has 0 bridgehead atoms. The summed E-state index contributed by atoms with van der Waals surface area (Å²) in [6.45, 7) is 2.38. The van der Waals surface area contributed by atoms with Gasteiger partial charge in [0.2, 0.25) is 5.91 Å². The van der Waals surface area contributed by atoms with Gasteiger partial charge >= 0.3 is 18.0 Å². The normalized spacial score (nSPS) is 14.6. The van der Waals surface area contributed by atoms with Gasteiger partial charge in [-0.2, -0.15) is 13.2 Å². The molecule has 9 nitrogen and oxygen atoms in total. The summed E-state index contributed by atoms with van der Waals surface area (Å²) >= 11 is 5.98. The van der Waals surface area contributed by atoms with Gasteiger partial charge in [-0.1, -0.05) is 29.8 Å². The van der Waals surface area contributed by atoms with E-state index in [1.54, 1.807) is 28.8 Å². The number of rotatable bonds is 10. The lowest BCUT2D eigenvalue weighted by molar-refractivity contribution is -0.138. The van der Waals surface area contributed by atoms with E-state index in [2.05, 4.69) is 10.4 Å². The molecule has 1 fully saturated rings. The van der Waals surface area contributed by atoms with Gasteiger partial charge in [0, 0.05) is 29.1 Å². The number of carbonyl (C=O) groups is 2. The van der Waals surface area contributed by atoms with Crippen LogP contribution in [-0.4, -0.2) is 38.5 Å². The molecule has 1 heterocycles. The Kier molecular flexibility index (Phi) is 8.29. The molecule has 3 N–H and O–H groups in total. The van der Waals surface area contributed by atoms with Crippen LogP contribution in [0.5, 0.6) is 0 Å². The van der Waals surface area contributed by atoms with Gasteiger partial charge in [-0.25, -0.2) is 14.3 Å². The first-order chi connectivity index (χ1) is 18.7. The van der Waals surface area contributed by atoms with Gasteiger partial charge in [0.1, 0.15) is 12.1 Å². The lowest BCUT2D eigenvalue weighted by atomic mass is 9.85. The third-order valence-electron chi connectivity index (χ3n) is 6.54. The van der Waals surface area contributed by atoms with Gasteiger partial charge in [0.15, 0.2) is 5.82 Å². The van der Waals surface area contributed by atoms with Crippen molar-refractivity contribution >= 4 is 23.6 Å². The maximum atomic E-state index is 13.8. The Morgan fingerprint density at radius 3 is 2.40 bits per heavy atom. The number of primary amides is 1. The van der Waals surface area contributed by atoms with E-state index in [9.17, 15) is 27.6 Å². The second-order valence-electron chi connectivity index (χ2n) is 10.3. The number of amides is 2. The molecular weight excluding hydrogens is 551 g/mol. The molecule has 4 rings (SSSR count). The zero-order valence-corrected chi connectivity index (χ0v) is 22.6. The molecule has 1 unspecified atom stereocenters. The summed E-state index contributed by atoms with van der Waals surface area (Å²) in [5.74, 6) is -1.12. The number of aromatic nitrogens is 3. The highest BCUT2D eigenvalue weighted by atomic mass is 35.5. The molecular formula is C27H29ClF3N5O4. The van der Waals surface area contributed by atoms with Crippen LogP contribution in [-0.2, 0) is 22.3 Å². The van der Waals surface area contributed by atoms with E-state index < -0.39 is 47.5 Å². The van der Waals surface area contributed by atoms with Crippen LogP contribution < -0.4 is 16.7 Å². The second kappa shape index (κ2) is 11.4. The molecule has 13 heteroatoms. The van der Waals surface area contributed by atoms with Crippen molar-refractivity contribution in [2.24, 2.45) is 5.73 Å². The molecule has 0 radical (unpaired) electrons. The minimum atomic E-state index is -4.64. The average molecular weight is 580 g/mol. The van der Waals surface area contributed by atoms with E-state index in [4.69, 9.17) is 22.1 Å². The molecule has 1 aliphatic rings. The highest BCUT2D eigenvalue weighted by Gasteiger charge is 2.37. The molecule has 2 amide bonds. The predicted molar refractivity (Wildman–Crippen MR) is 142 cm³/mol. The summed E-state index contributed by atoms with van der Waals surface area (Å²) in [7, 11) is 0. The predicted octanol–water partition coefficient (Wildman–Crippen LogP) is 4.88. The zero-order chi connectivity index (χ0) is 29.2. The standard InChI is InChI=1S/C27H29ClF3N5O4/c1-26(2,40-24(32)38)13-17(20-5-3-4-6-21(20)27(29,30)31)14-33-22(37)15-35-25(39)36(19-11-12-19)23(34-35)16-7-9-18(28)10-8-16/h3-10,17,19H,11-15H2,1-2H3,(H2,32,38)(H,33,37). The van der Waals surface area contributed by atoms with Crippen molar-refractivity contribution in [2.45, 2.75) is 63.4 Å². The first kappa shape index (κ1) is 29.2. The Balaban J connectivity index is 1.56. The van der Waals surface area contributed by atoms with Crippen LogP contribution in [0.25, 0.3) is 11.4 Å². The van der Waals surface area contributed by atoms with Crippen molar-refractivity contribution < 1.29 is 27.5 Å². The molecule has 3 aromatic rings. The topological polar surface area (TPSA) is 121 Å². The Hall–Kier alpha value is -3.80. The number of alkyl halides is 3.